The van der Waals surface area contributed by atoms with E-state index in [1.165, 1.54) is 186 Å². The smallest absolute Gasteiger partial charge is 0.282 e. The van der Waals surface area contributed by atoms with Gasteiger partial charge in [0.2, 0.25) is 0 Å². The molecule has 6 amide bonds. The number of halogens is 18. The van der Waals surface area contributed by atoms with Crippen LogP contribution in [0.3, 0.4) is 0 Å². The lowest BCUT2D eigenvalue weighted by molar-refractivity contribution is 0.100. The summed E-state index contributed by atoms with van der Waals surface area (Å²) in [6, 6.07) is 46.6. The Morgan fingerprint density at radius 1 is 0.280 bits per heavy atom. The Morgan fingerprint density at radius 3 is 0.773 bits per heavy atom. The number of benzene rings is 8. The molecule has 24 nitrogen and oxygen atoms in total. The Labute approximate surface area is 859 Å². The molecule has 0 saturated heterocycles. The number of carbonyl (C=O) groups is 6. The minimum Gasteiger partial charge on any atom is -0.322 e. The first-order valence-electron chi connectivity index (χ1n) is 48.3. The Kier molecular flexibility index (Phi) is 32.3. The minimum absolute atomic E-state index is 0.0254. The molecule has 150 heavy (non-hydrogen) atoms. The summed E-state index contributed by atoms with van der Waals surface area (Å²) in [7, 11) is 8.94. The number of aromatic nitrogens is 12. The van der Waals surface area contributed by atoms with Crippen LogP contribution in [-0.2, 0) is 42.3 Å². The SMILES string of the molecule is Cn1cc(C(=O)Nc2ccc(F)cc2-c2ccc(Cl)c(Cl)c2)c(C(F)F)n1.Cn1cc(C(=O)Nc2ccccc2-c2cc(F)c(F)c(F)c2)c(C(F)F)n1.Cn1cc(C(=O)Nc2ccccc2[C@@H]2C[C@@H]2C2CC2)c(C(F)F)n1.Cn1cc(C(=O)Nc2ccccc2[C@@H]2C[C@H]2C2CC2)c(C(F)F)n1.Cn1cc(C(=O)Nc2ccccc2[C@H]2C[C@@H]2C2CC2)c(C(F)F)n1.Cn1cc(C(=O)Nc2ccccc2[C@H]2C[C@H]2C2CC2)c(C(F)F)n1. The van der Waals surface area contributed by atoms with Crippen molar-refractivity contribution in [3.63, 3.8) is 0 Å². The average Bonchev–Trinajstić information content (AvgIpc) is 1.61. The molecule has 8 atom stereocenters. The summed E-state index contributed by atoms with van der Waals surface area (Å²) < 4.78 is 218. The molecule has 8 aromatic carbocycles. The molecule has 14 aromatic rings. The lowest BCUT2D eigenvalue weighted by atomic mass is 10.0. The minimum atomic E-state index is -2.96. The molecule has 8 aliphatic carbocycles. The number of anilines is 6. The third-order valence-corrected chi connectivity index (χ3v) is 28.2. The number of nitrogens with zero attached hydrogens (tertiary/aromatic N) is 12. The Balaban J connectivity index is 0.000000123. The van der Waals surface area contributed by atoms with Crippen molar-refractivity contribution in [2.75, 3.05) is 31.9 Å². The number of alkyl halides is 12. The van der Waals surface area contributed by atoms with Crippen LogP contribution in [0.4, 0.5) is 104 Å². The molecule has 0 bridgehead atoms. The predicted octanol–water partition coefficient (Wildman–Crippen LogP) is 26.9. The molecule has 784 valence electrons. The van der Waals surface area contributed by atoms with Gasteiger partial charge >= 0.3 is 0 Å². The van der Waals surface area contributed by atoms with Gasteiger partial charge in [0.05, 0.1) is 43.4 Å². The van der Waals surface area contributed by atoms with Gasteiger partial charge in [-0.3, -0.25) is 56.9 Å². The summed E-state index contributed by atoms with van der Waals surface area (Å²) in [4.78, 5) is 74.8. The zero-order valence-corrected chi connectivity index (χ0v) is 82.6. The van der Waals surface area contributed by atoms with Crippen molar-refractivity contribution in [1.29, 1.82) is 0 Å². The van der Waals surface area contributed by atoms with Gasteiger partial charge in [-0.25, -0.2) is 70.2 Å². The number of para-hydroxylation sites is 5. The van der Waals surface area contributed by atoms with E-state index in [0.717, 1.165) is 152 Å². The molecule has 6 heterocycles. The van der Waals surface area contributed by atoms with Crippen LogP contribution in [0.1, 0.15) is 258 Å². The number of hydrogen-bond acceptors (Lipinski definition) is 12. The molecular weight excluding hydrogens is 2020 g/mol. The van der Waals surface area contributed by atoms with Crippen LogP contribution in [0.2, 0.25) is 10.0 Å². The second kappa shape index (κ2) is 45.4. The van der Waals surface area contributed by atoms with Crippen LogP contribution in [-0.4, -0.2) is 94.1 Å². The molecule has 0 radical (unpaired) electrons. The standard InChI is InChI=1S/C18H12Cl2F3N3O.C18H12F5N3O.4C18H19F2N3O/c1-26-8-12(16(25-26)17(22)23)18(27)24-15-5-3-10(21)7-11(15)9-2-4-13(19)14(20)6-9;1-26-8-11(16(25-26)17(22)23)18(27)24-14-5-3-2-4-10(14)9-6-12(19)15(21)13(20)7-9;4*1-23-9-14(16(22-23)17(19)20)18(24)21-15-5-3-2-4-11(15)13-8-12(13)10-6-7-10/h2*2-8,17H,1H3,(H,24,27);4*2-5,9-10,12-13,17H,6-8H2,1H3,(H,21,24)/t;;2*12-,13+;2*12-,13-/m..1010/s1. The summed E-state index contributed by atoms with van der Waals surface area (Å²) in [5.74, 6) is -0.557. The highest BCUT2D eigenvalue weighted by molar-refractivity contribution is 6.42. The third kappa shape index (κ3) is 25.5. The molecule has 0 unspecified atom stereocenters. The maximum absolute atomic E-state index is 13.8. The lowest BCUT2D eigenvalue weighted by Crippen LogP contribution is -2.14. The van der Waals surface area contributed by atoms with E-state index in [0.29, 0.717) is 39.8 Å². The summed E-state index contributed by atoms with van der Waals surface area (Å²) >= 11 is 11.9. The first-order valence-corrected chi connectivity index (χ1v) is 49.1. The van der Waals surface area contributed by atoms with Gasteiger partial charge in [0, 0.05) is 125 Å². The number of nitrogens with one attached hydrogen (secondary N) is 6. The van der Waals surface area contributed by atoms with Crippen LogP contribution in [0, 0.1) is 70.6 Å². The molecule has 0 spiro atoms. The van der Waals surface area contributed by atoms with Crippen molar-refractivity contribution < 1.29 is 99.0 Å². The molecule has 8 fully saturated rings. The number of amides is 6. The van der Waals surface area contributed by atoms with E-state index in [9.17, 15) is 99.0 Å². The van der Waals surface area contributed by atoms with E-state index in [1.54, 1.807) is 12.1 Å². The monoisotopic (exact) mass is 2120 g/mol. The highest BCUT2D eigenvalue weighted by atomic mass is 35.5. The average molecular weight is 2120 g/mol. The molecule has 8 saturated carbocycles. The highest BCUT2D eigenvalue weighted by Crippen LogP contribution is 2.64. The van der Waals surface area contributed by atoms with Crippen molar-refractivity contribution in [3.05, 3.63) is 330 Å². The van der Waals surface area contributed by atoms with E-state index >= 15 is 0 Å². The number of hydrogen-bond donors (Lipinski definition) is 6. The fraction of sp³-hybridized carbons (Fsp3) is 0.333. The van der Waals surface area contributed by atoms with E-state index < -0.39 is 131 Å². The van der Waals surface area contributed by atoms with Gasteiger partial charge in [0.15, 0.2) is 17.5 Å². The largest absolute Gasteiger partial charge is 0.322 e. The quantitative estimate of drug-likeness (QED) is 0.0197. The van der Waals surface area contributed by atoms with E-state index in [2.05, 4.69) is 62.5 Å². The van der Waals surface area contributed by atoms with Crippen LogP contribution >= 0.6 is 23.2 Å². The summed E-state index contributed by atoms with van der Waals surface area (Å²) in [5.41, 5.74) is 4.55. The molecule has 6 N–H and O–H groups in total. The number of aryl methyl sites for hydroxylation is 6. The number of carbonyl (C=O) groups excluding carboxylic acids is 6. The molecule has 0 aliphatic heterocycles. The molecular formula is C108H100Cl2F16N18O6. The lowest BCUT2D eigenvalue weighted by Gasteiger charge is -2.12. The predicted molar refractivity (Wildman–Crippen MR) is 530 cm³/mol. The van der Waals surface area contributed by atoms with Gasteiger partial charge < -0.3 is 31.9 Å². The second-order valence-electron chi connectivity index (χ2n) is 38.5. The topological polar surface area (TPSA) is 282 Å². The first-order chi connectivity index (χ1) is 71.7. The fourth-order valence-electron chi connectivity index (χ4n) is 19.5. The normalized spacial score (nSPS) is 18.5. The maximum atomic E-state index is 13.8. The Morgan fingerprint density at radius 2 is 0.520 bits per heavy atom. The van der Waals surface area contributed by atoms with E-state index in [4.69, 9.17) is 23.2 Å². The fourth-order valence-corrected chi connectivity index (χ4v) is 19.8. The first kappa shape index (κ1) is 107. The second-order valence-corrected chi connectivity index (χ2v) is 39.3. The van der Waals surface area contributed by atoms with Crippen LogP contribution < -0.4 is 31.9 Å². The van der Waals surface area contributed by atoms with Crippen molar-refractivity contribution in [2.45, 2.75) is 139 Å². The van der Waals surface area contributed by atoms with Gasteiger partial charge in [0.1, 0.15) is 40.0 Å². The van der Waals surface area contributed by atoms with E-state index in [1.807, 2.05) is 97.1 Å². The Hall–Kier alpha value is -14.7. The number of rotatable bonds is 28. The van der Waals surface area contributed by atoms with Crippen LogP contribution in [0.15, 0.2) is 207 Å². The molecule has 8 aliphatic rings. The van der Waals surface area contributed by atoms with Crippen LogP contribution in [0.25, 0.3) is 22.3 Å². The molecule has 42 heteroatoms. The summed E-state index contributed by atoms with van der Waals surface area (Å²) in [5, 5.41) is 38.7. The zero-order valence-electron chi connectivity index (χ0n) is 81.1. The van der Waals surface area contributed by atoms with Gasteiger partial charge in [-0.15, -0.1) is 0 Å². The van der Waals surface area contributed by atoms with Crippen molar-refractivity contribution in [3.8, 4) is 22.3 Å². The summed E-state index contributed by atoms with van der Waals surface area (Å²) in [6.45, 7) is 0. The van der Waals surface area contributed by atoms with Crippen molar-refractivity contribution >= 4 is 92.8 Å². The third-order valence-electron chi connectivity index (χ3n) is 27.5. The Bertz CT molecular complexity index is 6820. The van der Waals surface area contributed by atoms with Gasteiger partial charge in [0.25, 0.3) is 74.0 Å². The summed E-state index contributed by atoms with van der Waals surface area (Å²) in [6.07, 6.45) is 5.83. The zero-order chi connectivity index (χ0) is 107. The highest BCUT2D eigenvalue weighted by Gasteiger charge is 2.52. The van der Waals surface area contributed by atoms with Crippen molar-refractivity contribution in [1.82, 2.24) is 58.7 Å². The van der Waals surface area contributed by atoms with E-state index in [-0.39, 0.29) is 60.9 Å². The van der Waals surface area contributed by atoms with Crippen molar-refractivity contribution in [2.24, 2.45) is 89.6 Å². The van der Waals surface area contributed by atoms with Gasteiger partial charge in [-0.2, -0.15) is 30.6 Å². The molecule has 6 aromatic heterocycles. The maximum Gasteiger partial charge on any atom is 0.282 e. The van der Waals surface area contributed by atoms with Gasteiger partial charge in [-0.1, -0.05) is 120 Å². The van der Waals surface area contributed by atoms with Gasteiger partial charge in [-0.05, 0) is 254 Å². The molecule has 22 rings (SSSR count). The van der Waals surface area contributed by atoms with Crippen LogP contribution in [0.5, 0.6) is 0 Å².